The summed E-state index contributed by atoms with van der Waals surface area (Å²) in [7, 11) is 0. The smallest absolute Gasteiger partial charge is 0.169 e. The van der Waals surface area contributed by atoms with Crippen LogP contribution in [0.25, 0.3) is 0 Å². The van der Waals surface area contributed by atoms with Crippen LogP contribution in [0.3, 0.4) is 0 Å². The van der Waals surface area contributed by atoms with Crippen molar-refractivity contribution in [2.75, 3.05) is 13.2 Å². The highest BCUT2D eigenvalue weighted by Gasteiger charge is 2.10. The van der Waals surface area contributed by atoms with Crippen molar-refractivity contribution in [3.8, 4) is 0 Å². The van der Waals surface area contributed by atoms with E-state index in [1.165, 1.54) is 12.0 Å². The summed E-state index contributed by atoms with van der Waals surface area (Å²) in [6, 6.07) is 8.56. The van der Waals surface area contributed by atoms with Gasteiger partial charge in [0.2, 0.25) is 0 Å². The van der Waals surface area contributed by atoms with Crippen molar-refractivity contribution in [1.29, 1.82) is 0 Å². The summed E-state index contributed by atoms with van der Waals surface area (Å²) in [5.41, 5.74) is 1.27. The molecule has 0 aliphatic carbocycles. The zero-order valence-electron chi connectivity index (χ0n) is 8.32. The summed E-state index contributed by atoms with van der Waals surface area (Å²) < 4.78 is 6.15. The molecule has 3 nitrogen and oxygen atoms in total. The van der Waals surface area contributed by atoms with Gasteiger partial charge in [-0.15, -0.1) is 0 Å². The molecule has 0 saturated heterocycles. The van der Waals surface area contributed by atoms with E-state index in [0.29, 0.717) is 6.61 Å². The van der Waals surface area contributed by atoms with Crippen LogP contribution in [0.4, 0.5) is 0 Å². The highest BCUT2D eigenvalue weighted by Crippen LogP contribution is 2.11. The lowest BCUT2D eigenvalue weighted by Gasteiger charge is -2.07. The van der Waals surface area contributed by atoms with Crippen molar-refractivity contribution in [3.63, 3.8) is 0 Å². The summed E-state index contributed by atoms with van der Waals surface area (Å²) in [6.45, 7) is 2.43. The highest BCUT2D eigenvalue weighted by molar-refractivity contribution is 9.10. The standard InChI is InChI=1S/C11H13BrN2O/c12-10-3-1-2-9(4-10)5-13-6-11-7-15-8-14-11/h1-4,8,11,13H,5-7H2. The van der Waals surface area contributed by atoms with Crippen molar-refractivity contribution in [2.45, 2.75) is 12.6 Å². The lowest BCUT2D eigenvalue weighted by Crippen LogP contribution is -2.26. The minimum atomic E-state index is 0.275. The SMILES string of the molecule is Brc1cccc(CNCC2COC=N2)c1. The van der Waals surface area contributed by atoms with Crippen molar-refractivity contribution >= 4 is 22.3 Å². The first-order valence-corrected chi connectivity index (χ1v) is 5.72. The quantitative estimate of drug-likeness (QED) is 0.906. The number of nitrogens with zero attached hydrogens (tertiary/aromatic N) is 1. The molecule has 0 saturated carbocycles. The lowest BCUT2D eigenvalue weighted by atomic mass is 10.2. The summed E-state index contributed by atoms with van der Waals surface area (Å²) in [5.74, 6) is 0. The number of nitrogens with one attached hydrogen (secondary N) is 1. The predicted octanol–water partition coefficient (Wildman–Crippen LogP) is 1.97. The second-order valence-electron chi connectivity index (χ2n) is 3.50. The van der Waals surface area contributed by atoms with Gasteiger partial charge in [-0.25, -0.2) is 0 Å². The van der Waals surface area contributed by atoms with Gasteiger partial charge in [-0.05, 0) is 17.7 Å². The topological polar surface area (TPSA) is 33.6 Å². The first-order valence-electron chi connectivity index (χ1n) is 4.93. The second kappa shape index (κ2) is 5.28. The van der Waals surface area contributed by atoms with Crippen molar-refractivity contribution in [2.24, 2.45) is 4.99 Å². The van der Waals surface area contributed by atoms with E-state index in [9.17, 15) is 0 Å². The molecule has 2 rings (SSSR count). The van der Waals surface area contributed by atoms with E-state index in [0.717, 1.165) is 17.6 Å². The third-order valence-corrected chi connectivity index (χ3v) is 2.73. The molecular weight excluding hydrogens is 256 g/mol. The molecule has 15 heavy (non-hydrogen) atoms. The Labute approximate surface area is 97.7 Å². The molecule has 1 aromatic carbocycles. The monoisotopic (exact) mass is 268 g/mol. The van der Waals surface area contributed by atoms with Gasteiger partial charge in [0.15, 0.2) is 6.40 Å². The molecule has 0 fully saturated rings. The third kappa shape index (κ3) is 3.32. The number of aliphatic imine (C=N–C) groups is 1. The minimum Gasteiger partial charge on any atom is -0.481 e. The Morgan fingerprint density at radius 3 is 3.20 bits per heavy atom. The van der Waals surface area contributed by atoms with Gasteiger partial charge >= 0.3 is 0 Å². The average Bonchev–Trinajstić information content (AvgIpc) is 2.71. The largest absolute Gasteiger partial charge is 0.481 e. The lowest BCUT2D eigenvalue weighted by molar-refractivity contribution is 0.323. The molecule has 0 aromatic heterocycles. The predicted molar refractivity (Wildman–Crippen MR) is 64.1 cm³/mol. The molecule has 0 radical (unpaired) electrons. The van der Waals surface area contributed by atoms with Crippen LogP contribution in [0.2, 0.25) is 0 Å². The van der Waals surface area contributed by atoms with Crippen LogP contribution in [0.15, 0.2) is 33.7 Å². The van der Waals surface area contributed by atoms with Gasteiger partial charge in [-0.3, -0.25) is 4.99 Å². The van der Waals surface area contributed by atoms with Crippen LogP contribution in [0, 0.1) is 0 Å². The number of ether oxygens (including phenoxy) is 1. The molecule has 1 aliphatic rings. The summed E-state index contributed by atoms with van der Waals surface area (Å²) in [5, 5.41) is 3.36. The van der Waals surface area contributed by atoms with Crippen LogP contribution in [-0.4, -0.2) is 25.6 Å². The first-order chi connectivity index (χ1) is 7.34. The molecule has 1 atom stereocenters. The molecule has 1 aromatic rings. The van der Waals surface area contributed by atoms with E-state index >= 15 is 0 Å². The van der Waals surface area contributed by atoms with Gasteiger partial charge in [-0.2, -0.15) is 0 Å². The van der Waals surface area contributed by atoms with Gasteiger partial charge in [0.05, 0.1) is 6.04 Å². The normalized spacial score (nSPS) is 19.1. The van der Waals surface area contributed by atoms with Crippen molar-refractivity contribution in [1.82, 2.24) is 5.32 Å². The van der Waals surface area contributed by atoms with E-state index in [2.05, 4.69) is 38.4 Å². The third-order valence-electron chi connectivity index (χ3n) is 2.23. The Morgan fingerprint density at radius 2 is 2.47 bits per heavy atom. The zero-order valence-corrected chi connectivity index (χ0v) is 9.90. The molecule has 0 amide bonds. The number of benzene rings is 1. The van der Waals surface area contributed by atoms with Crippen LogP contribution >= 0.6 is 15.9 Å². The molecule has 1 N–H and O–H groups in total. The van der Waals surface area contributed by atoms with Gasteiger partial charge < -0.3 is 10.1 Å². The number of rotatable bonds is 4. The van der Waals surface area contributed by atoms with E-state index in [4.69, 9.17) is 4.74 Å². The molecule has 4 heteroatoms. The molecule has 1 unspecified atom stereocenters. The van der Waals surface area contributed by atoms with Crippen LogP contribution in [0.1, 0.15) is 5.56 Å². The van der Waals surface area contributed by atoms with Crippen LogP contribution < -0.4 is 5.32 Å². The summed E-state index contributed by atoms with van der Waals surface area (Å²) in [4.78, 5) is 4.17. The Morgan fingerprint density at radius 1 is 1.53 bits per heavy atom. The minimum absolute atomic E-state index is 0.275. The highest BCUT2D eigenvalue weighted by atomic mass is 79.9. The van der Waals surface area contributed by atoms with Crippen molar-refractivity contribution < 1.29 is 4.74 Å². The maximum atomic E-state index is 5.04. The average molecular weight is 269 g/mol. The summed E-state index contributed by atoms with van der Waals surface area (Å²) in [6.07, 6.45) is 1.53. The van der Waals surface area contributed by atoms with Gasteiger partial charge in [0.25, 0.3) is 0 Å². The van der Waals surface area contributed by atoms with Crippen molar-refractivity contribution in [3.05, 3.63) is 34.3 Å². The summed E-state index contributed by atoms with van der Waals surface area (Å²) >= 11 is 3.45. The van der Waals surface area contributed by atoms with Crippen LogP contribution in [-0.2, 0) is 11.3 Å². The van der Waals surface area contributed by atoms with E-state index in [1.54, 1.807) is 0 Å². The van der Waals surface area contributed by atoms with Crippen LogP contribution in [0.5, 0.6) is 0 Å². The zero-order chi connectivity index (χ0) is 10.5. The fourth-order valence-corrected chi connectivity index (χ4v) is 1.91. The molecule has 1 heterocycles. The van der Waals surface area contributed by atoms with Gasteiger partial charge in [0, 0.05) is 17.6 Å². The Kier molecular flexibility index (Phi) is 3.75. The maximum absolute atomic E-state index is 5.04. The van der Waals surface area contributed by atoms with Gasteiger partial charge in [-0.1, -0.05) is 28.1 Å². The molecule has 0 spiro atoms. The number of halogens is 1. The molecule has 80 valence electrons. The fourth-order valence-electron chi connectivity index (χ4n) is 1.47. The van der Waals surface area contributed by atoms with E-state index in [1.807, 2.05) is 12.1 Å². The Balaban J connectivity index is 1.75. The Bertz CT molecular complexity index is 354. The second-order valence-corrected chi connectivity index (χ2v) is 4.42. The van der Waals surface area contributed by atoms with E-state index < -0.39 is 0 Å². The number of hydrogen-bond donors (Lipinski definition) is 1. The maximum Gasteiger partial charge on any atom is 0.169 e. The van der Waals surface area contributed by atoms with E-state index in [-0.39, 0.29) is 6.04 Å². The van der Waals surface area contributed by atoms with Gasteiger partial charge in [0.1, 0.15) is 6.61 Å². The molecular formula is C11H13BrN2O. The molecule has 1 aliphatic heterocycles. The fraction of sp³-hybridized carbons (Fsp3) is 0.364. The molecule has 0 bridgehead atoms. The Hall–Kier alpha value is -0.870. The first kappa shape index (κ1) is 10.6. The number of hydrogen-bond acceptors (Lipinski definition) is 3.